The molecule has 2 atom stereocenters. The average Bonchev–Trinajstić information content (AvgIpc) is 3.14. The van der Waals surface area contributed by atoms with Crippen LogP contribution in [0, 0.1) is 0 Å². The van der Waals surface area contributed by atoms with Crippen molar-refractivity contribution in [1.29, 1.82) is 0 Å². The molecule has 2 N–H and O–H groups in total. The first-order valence-electron chi connectivity index (χ1n) is 7.92. The highest BCUT2D eigenvalue weighted by molar-refractivity contribution is 8.26. The van der Waals surface area contributed by atoms with Gasteiger partial charge in [0.1, 0.15) is 16.6 Å². The van der Waals surface area contributed by atoms with Gasteiger partial charge in [0.25, 0.3) is 5.91 Å². The van der Waals surface area contributed by atoms with Crippen LogP contribution in [0.5, 0.6) is 5.75 Å². The number of nitrogens with zero attached hydrogens (tertiary/aromatic N) is 1. The SMILES string of the molecule is COc1ccc(/C=C2\SC(=S)N(CC(=O)N[C@H]3CSC[C@H]3O)C2=O)cc1. The van der Waals surface area contributed by atoms with Crippen molar-refractivity contribution in [2.45, 2.75) is 12.1 Å². The van der Waals surface area contributed by atoms with Gasteiger partial charge in [-0.05, 0) is 23.8 Å². The summed E-state index contributed by atoms with van der Waals surface area (Å²) in [6, 6.07) is 7.03. The van der Waals surface area contributed by atoms with E-state index in [4.69, 9.17) is 17.0 Å². The summed E-state index contributed by atoms with van der Waals surface area (Å²) < 4.78 is 5.47. The van der Waals surface area contributed by atoms with Crippen LogP contribution in [0.1, 0.15) is 5.56 Å². The summed E-state index contributed by atoms with van der Waals surface area (Å²) in [5, 5.41) is 12.6. The number of carbonyl (C=O) groups excluding carboxylic acids is 2. The Morgan fingerprint density at radius 2 is 2.15 bits per heavy atom. The van der Waals surface area contributed by atoms with Crippen molar-refractivity contribution in [3.8, 4) is 5.75 Å². The van der Waals surface area contributed by atoms with Crippen molar-refractivity contribution in [2.75, 3.05) is 25.2 Å². The van der Waals surface area contributed by atoms with Crippen molar-refractivity contribution in [1.82, 2.24) is 10.2 Å². The molecule has 2 heterocycles. The highest BCUT2D eigenvalue weighted by Crippen LogP contribution is 2.32. The second-order valence-corrected chi connectivity index (χ2v) is 8.57. The number of ether oxygens (including phenoxy) is 1. The monoisotopic (exact) mass is 410 g/mol. The van der Waals surface area contributed by atoms with Gasteiger partial charge >= 0.3 is 0 Å². The minimum atomic E-state index is -0.551. The van der Waals surface area contributed by atoms with E-state index in [9.17, 15) is 14.7 Å². The minimum absolute atomic E-state index is 0.140. The van der Waals surface area contributed by atoms with Crippen molar-refractivity contribution in [3.63, 3.8) is 0 Å². The van der Waals surface area contributed by atoms with Gasteiger partial charge in [-0.2, -0.15) is 11.8 Å². The summed E-state index contributed by atoms with van der Waals surface area (Å²) in [6.45, 7) is -0.140. The molecule has 0 aliphatic carbocycles. The van der Waals surface area contributed by atoms with Crippen LogP contribution in [0.3, 0.4) is 0 Å². The maximum Gasteiger partial charge on any atom is 0.266 e. The zero-order chi connectivity index (χ0) is 18.7. The third-order valence-corrected chi connectivity index (χ3v) is 6.54. The molecular formula is C17H18N2O4S3. The van der Waals surface area contributed by atoms with E-state index in [-0.39, 0.29) is 24.4 Å². The first-order valence-corrected chi connectivity index (χ1v) is 10.3. The highest BCUT2D eigenvalue weighted by atomic mass is 32.2. The normalized spacial score (nSPS) is 24.4. The first kappa shape index (κ1) is 19.2. The topological polar surface area (TPSA) is 78.9 Å². The fraction of sp³-hybridized carbons (Fsp3) is 0.353. The molecule has 0 spiro atoms. The highest BCUT2D eigenvalue weighted by Gasteiger charge is 2.34. The predicted octanol–water partition coefficient (Wildman–Crippen LogP) is 1.49. The van der Waals surface area contributed by atoms with Crippen LogP contribution in [-0.4, -0.2) is 63.4 Å². The van der Waals surface area contributed by atoms with Crippen LogP contribution in [-0.2, 0) is 9.59 Å². The van der Waals surface area contributed by atoms with Gasteiger partial charge in [-0.1, -0.05) is 36.1 Å². The molecule has 0 aromatic heterocycles. The number of hydrogen-bond donors (Lipinski definition) is 2. The smallest absolute Gasteiger partial charge is 0.266 e. The van der Waals surface area contributed by atoms with E-state index < -0.39 is 6.10 Å². The zero-order valence-electron chi connectivity index (χ0n) is 14.0. The second kappa shape index (κ2) is 8.43. The van der Waals surface area contributed by atoms with E-state index in [0.29, 0.717) is 20.7 Å². The van der Waals surface area contributed by atoms with Gasteiger partial charge in [-0.15, -0.1) is 0 Å². The molecule has 138 valence electrons. The third kappa shape index (κ3) is 4.40. The van der Waals surface area contributed by atoms with Gasteiger partial charge in [-0.25, -0.2) is 0 Å². The van der Waals surface area contributed by atoms with Crippen LogP contribution in [0.25, 0.3) is 6.08 Å². The molecule has 2 amide bonds. The number of thiocarbonyl (C=S) groups is 1. The van der Waals surface area contributed by atoms with Gasteiger partial charge in [0.15, 0.2) is 0 Å². The van der Waals surface area contributed by atoms with Gasteiger partial charge < -0.3 is 15.2 Å². The molecule has 0 bridgehead atoms. The number of rotatable bonds is 5. The van der Waals surface area contributed by atoms with Crippen LogP contribution in [0.15, 0.2) is 29.2 Å². The molecule has 2 aliphatic heterocycles. The summed E-state index contributed by atoms with van der Waals surface area (Å²) in [5.74, 6) is 1.41. The molecule has 3 rings (SSSR count). The Hall–Kier alpha value is -1.55. The Morgan fingerprint density at radius 3 is 2.77 bits per heavy atom. The number of carbonyl (C=O) groups is 2. The Balaban J connectivity index is 1.64. The van der Waals surface area contributed by atoms with Crippen molar-refractivity contribution in [2.24, 2.45) is 0 Å². The first-order chi connectivity index (χ1) is 12.5. The van der Waals surface area contributed by atoms with Crippen LogP contribution in [0.4, 0.5) is 0 Å². The van der Waals surface area contributed by atoms with Gasteiger partial charge in [-0.3, -0.25) is 14.5 Å². The van der Waals surface area contributed by atoms with E-state index in [1.807, 2.05) is 24.3 Å². The molecule has 26 heavy (non-hydrogen) atoms. The number of amides is 2. The van der Waals surface area contributed by atoms with Crippen molar-refractivity contribution >= 4 is 58.0 Å². The Kier molecular flexibility index (Phi) is 6.23. The van der Waals surface area contributed by atoms with Gasteiger partial charge in [0, 0.05) is 11.5 Å². The van der Waals surface area contributed by atoms with E-state index in [1.54, 1.807) is 24.9 Å². The number of hydrogen-bond acceptors (Lipinski definition) is 7. The largest absolute Gasteiger partial charge is 0.497 e. The summed E-state index contributed by atoms with van der Waals surface area (Å²) in [7, 11) is 1.59. The molecule has 9 heteroatoms. The van der Waals surface area contributed by atoms with E-state index in [2.05, 4.69) is 5.32 Å². The lowest BCUT2D eigenvalue weighted by molar-refractivity contribution is -0.129. The molecule has 0 saturated carbocycles. The van der Waals surface area contributed by atoms with Crippen molar-refractivity contribution in [3.05, 3.63) is 34.7 Å². The Labute approximate surface area is 165 Å². The lowest BCUT2D eigenvalue weighted by Crippen LogP contribution is -2.47. The molecule has 0 radical (unpaired) electrons. The number of aliphatic hydroxyl groups is 1. The Bertz CT molecular complexity index is 751. The van der Waals surface area contributed by atoms with E-state index >= 15 is 0 Å². The predicted molar refractivity (Wildman–Crippen MR) is 108 cm³/mol. The molecule has 2 saturated heterocycles. The van der Waals surface area contributed by atoms with Crippen LogP contribution in [0.2, 0.25) is 0 Å². The molecule has 6 nitrogen and oxygen atoms in total. The molecule has 2 aliphatic rings. The van der Waals surface area contributed by atoms with Crippen LogP contribution < -0.4 is 10.1 Å². The molecular weight excluding hydrogens is 392 g/mol. The molecule has 2 fully saturated rings. The molecule has 0 unspecified atom stereocenters. The Morgan fingerprint density at radius 1 is 1.42 bits per heavy atom. The van der Waals surface area contributed by atoms with Crippen LogP contribution >= 0.6 is 35.7 Å². The summed E-state index contributed by atoms with van der Waals surface area (Å²) in [5.41, 5.74) is 0.849. The number of aliphatic hydroxyl groups excluding tert-OH is 1. The fourth-order valence-electron chi connectivity index (χ4n) is 2.56. The minimum Gasteiger partial charge on any atom is -0.497 e. The maximum absolute atomic E-state index is 12.6. The lowest BCUT2D eigenvalue weighted by atomic mass is 10.2. The summed E-state index contributed by atoms with van der Waals surface area (Å²) in [4.78, 5) is 26.5. The fourth-order valence-corrected chi connectivity index (χ4v) is 4.99. The van der Waals surface area contributed by atoms with Crippen molar-refractivity contribution < 1.29 is 19.4 Å². The second-order valence-electron chi connectivity index (χ2n) is 5.82. The number of nitrogens with one attached hydrogen (secondary N) is 1. The summed E-state index contributed by atoms with van der Waals surface area (Å²) >= 11 is 8.01. The third-order valence-electron chi connectivity index (χ3n) is 3.99. The lowest BCUT2D eigenvalue weighted by Gasteiger charge is -2.18. The van der Waals surface area contributed by atoms with Gasteiger partial charge in [0.2, 0.25) is 5.91 Å². The molecule has 1 aromatic rings. The zero-order valence-corrected chi connectivity index (χ0v) is 16.5. The standard InChI is InChI=1S/C17H18N2O4S3/c1-23-11-4-2-10(3-5-11)6-14-16(22)19(17(24)26-14)7-15(21)18-12-8-25-9-13(12)20/h2-6,12-13,20H,7-9H2,1H3,(H,18,21)/b14-6-/t12-,13+/m0/s1. The maximum atomic E-state index is 12.6. The van der Waals surface area contributed by atoms with E-state index in [1.165, 1.54) is 16.7 Å². The number of thioether (sulfide) groups is 2. The number of benzene rings is 1. The average molecular weight is 411 g/mol. The quantitative estimate of drug-likeness (QED) is 0.562. The summed E-state index contributed by atoms with van der Waals surface area (Å²) in [6.07, 6.45) is 1.19. The van der Waals surface area contributed by atoms with E-state index in [0.717, 1.165) is 11.3 Å². The van der Waals surface area contributed by atoms with Gasteiger partial charge in [0.05, 0.1) is 24.2 Å². The molecule has 1 aromatic carbocycles. The number of methoxy groups -OCH3 is 1.